The topological polar surface area (TPSA) is 111 Å². The highest BCUT2D eigenvalue weighted by atomic mass is 28.4. The fourth-order valence-corrected chi connectivity index (χ4v) is 10.5. The molecular formula is C37H43N3O6Si. The fourth-order valence-electron chi connectivity index (χ4n) is 7.94. The number of carbonyl (C=O) groups excluding carboxylic acids is 3. The molecule has 1 spiro atoms. The maximum absolute atomic E-state index is 14.6. The minimum atomic E-state index is -3.03. The molecule has 1 saturated heterocycles. The second kappa shape index (κ2) is 12.8. The summed E-state index contributed by atoms with van der Waals surface area (Å²) in [6.45, 7) is 9.99. The van der Waals surface area contributed by atoms with Crippen molar-refractivity contribution in [3.8, 4) is 0 Å². The van der Waals surface area contributed by atoms with E-state index in [1.807, 2.05) is 92.8 Å². The molecule has 0 bridgehead atoms. The van der Waals surface area contributed by atoms with Crippen molar-refractivity contribution in [2.45, 2.75) is 63.1 Å². The number of para-hydroxylation sites is 1. The van der Waals surface area contributed by atoms with Crippen LogP contribution in [0, 0.1) is 5.92 Å². The Morgan fingerprint density at radius 2 is 1.79 bits per heavy atom. The molecule has 3 aliphatic rings. The number of benzene rings is 3. The van der Waals surface area contributed by atoms with E-state index in [1.54, 1.807) is 20.8 Å². The van der Waals surface area contributed by atoms with Gasteiger partial charge in [-0.2, -0.15) is 0 Å². The molecule has 3 heterocycles. The highest BCUT2D eigenvalue weighted by Crippen LogP contribution is 2.60. The van der Waals surface area contributed by atoms with Crippen LogP contribution >= 0.6 is 0 Å². The van der Waals surface area contributed by atoms with Crippen molar-refractivity contribution in [2.75, 3.05) is 29.5 Å². The smallest absolute Gasteiger partial charge is 0.264 e. The predicted octanol–water partition coefficient (Wildman–Crippen LogP) is 5.04. The lowest BCUT2D eigenvalue weighted by molar-refractivity contribution is -0.149. The molecule has 3 aromatic carbocycles. The lowest BCUT2D eigenvalue weighted by atomic mass is 9.82. The Hall–Kier alpha value is -4.09. The van der Waals surface area contributed by atoms with Crippen molar-refractivity contribution in [1.82, 2.24) is 4.90 Å². The molecule has 0 radical (unpaired) electrons. The number of ether oxygens (including phenoxy) is 1. The standard InChI is InChI=1S/C37H43N3O6Si/c1-5-19-39-31-17-16-28(40-30-14-10-9-13-27(30)15-18-33(40)42)22-29(31)37(36(39)44)25(2)35(47(3,4)45)32(46-37)23-34(43)38(20-21-41)24-26-11-7-6-8-12-26/h5-14,16-17,22,25,32,35,41,45H,1,15,18-21,23-24H2,2-4H3/t25-,32+,35-,37+/m0/s1. The van der Waals surface area contributed by atoms with Crippen LogP contribution in [0.15, 0.2) is 85.5 Å². The van der Waals surface area contributed by atoms with E-state index in [1.165, 1.54) is 0 Å². The lowest BCUT2D eigenvalue weighted by Crippen LogP contribution is -2.46. The number of carbonyl (C=O) groups is 3. The third kappa shape index (κ3) is 5.73. The number of fused-ring (bicyclic) bond motifs is 3. The van der Waals surface area contributed by atoms with Crippen molar-refractivity contribution in [1.29, 1.82) is 0 Å². The summed E-state index contributed by atoms with van der Waals surface area (Å²) < 4.78 is 6.90. The average Bonchev–Trinajstić information content (AvgIpc) is 3.47. The molecule has 0 aliphatic carbocycles. The first-order valence-electron chi connectivity index (χ1n) is 16.3. The van der Waals surface area contributed by atoms with Gasteiger partial charge in [-0.1, -0.05) is 61.5 Å². The Morgan fingerprint density at radius 3 is 2.49 bits per heavy atom. The van der Waals surface area contributed by atoms with Crippen LogP contribution < -0.4 is 9.80 Å². The van der Waals surface area contributed by atoms with Gasteiger partial charge in [0, 0.05) is 48.8 Å². The summed E-state index contributed by atoms with van der Waals surface area (Å²) in [7, 11) is -3.03. The Bertz CT molecular complexity index is 1690. The van der Waals surface area contributed by atoms with Crippen molar-refractivity contribution in [3.63, 3.8) is 0 Å². The molecule has 4 atom stereocenters. The number of amides is 3. The highest BCUT2D eigenvalue weighted by molar-refractivity contribution is 6.71. The van der Waals surface area contributed by atoms with Gasteiger partial charge in [-0.25, -0.2) is 0 Å². The monoisotopic (exact) mass is 653 g/mol. The number of nitrogens with zero attached hydrogens (tertiary/aromatic N) is 3. The number of aliphatic hydroxyl groups excluding tert-OH is 1. The number of rotatable bonds is 10. The largest absolute Gasteiger partial charge is 0.432 e. The molecule has 3 amide bonds. The van der Waals surface area contributed by atoms with Gasteiger partial charge in [-0.15, -0.1) is 6.58 Å². The Morgan fingerprint density at radius 1 is 1.06 bits per heavy atom. The Labute approximate surface area is 277 Å². The van der Waals surface area contributed by atoms with Crippen LogP contribution in [0.5, 0.6) is 0 Å². The van der Waals surface area contributed by atoms with Crippen LogP contribution in [-0.4, -0.2) is 66.6 Å². The maximum atomic E-state index is 14.6. The fraction of sp³-hybridized carbons (Fsp3) is 0.378. The number of hydrogen-bond acceptors (Lipinski definition) is 6. The minimum Gasteiger partial charge on any atom is -0.432 e. The van der Waals surface area contributed by atoms with Gasteiger partial charge in [0.25, 0.3) is 5.91 Å². The van der Waals surface area contributed by atoms with E-state index in [4.69, 9.17) is 4.74 Å². The molecule has 246 valence electrons. The van der Waals surface area contributed by atoms with Gasteiger partial charge in [0.1, 0.15) is 0 Å². The summed E-state index contributed by atoms with van der Waals surface area (Å²) in [6.07, 6.45) is 1.90. The molecule has 0 saturated carbocycles. The third-order valence-corrected chi connectivity index (χ3v) is 12.4. The second-order valence-corrected chi connectivity index (χ2v) is 17.3. The first kappa shape index (κ1) is 32.8. The summed E-state index contributed by atoms with van der Waals surface area (Å²) in [5, 5.41) is 9.81. The van der Waals surface area contributed by atoms with Crippen LogP contribution in [-0.2, 0) is 37.7 Å². The van der Waals surface area contributed by atoms with Crippen molar-refractivity contribution in [3.05, 3.63) is 102 Å². The zero-order valence-corrected chi connectivity index (χ0v) is 28.3. The van der Waals surface area contributed by atoms with Crippen molar-refractivity contribution < 1.29 is 29.0 Å². The maximum Gasteiger partial charge on any atom is 0.264 e. The number of aryl methyl sites for hydroxylation is 1. The van der Waals surface area contributed by atoms with E-state index in [-0.39, 0.29) is 43.8 Å². The molecule has 3 aliphatic heterocycles. The van der Waals surface area contributed by atoms with Gasteiger partial charge >= 0.3 is 0 Å². The van der Waals surface area contributed by atoms with Gasteiger partial charge in [-0.05, 0) is 54.9 Å². The molecule has 9 nitrogen and oxygen atoms in total. The lowest BCUT2D eigenvalue weighted by Gasteiger charge is -2.33. The summed E-state index contributed by atoms with van der Waals surface area (Å²) >= 11 is 0. The zero-order chi connectivity index (χ0) is 33.5. The van der Waals surface area contributed by atoms with Crippen LogP contribution in [0.2, 0.25) is 18.6 Å². The molecule has 0 aromatic heterocycles. The molecule has 47 heavy (non-hydrogen) atoms. The van der Waals surface area contributed by atoms with Crippen molar-refractivity contribution >= 4 is 43.1 Å². The zero-order valence-electron chi connectivity index (χ0n) is 27.3. The second-order valence-electron chi connectivity index (χ2n) is 13.4. The summed E-state index contributed by atoms with van der Waals surface area (Å²) in [6, 6.07) is 23.0. The van der Waals surface area contributed by atoms with Crippen LogP contribution in [0.4, 0.5) is 17.1 Å². The minimum absolute atomic E-state index is 0.0296. The summed E-state index contributed by atoms with van der Waals surface area (Å²) in [4.78, 5) is 58.5. The van der Waals surface area contributed by atoms with Gasteiger partial charge in [0.05, 0.1) is 30.5 Å². The van der Waals surface area contributed by atoms with Crippen molar-refractivity contribution in [2.24, 2.45) is 5.92 Å². The van der Waals surface area contributed by atoms with Gasteiger partial charge in [-0.3, -0.25) is 19.3 Å². The number of anilines is 3. The third-order valence-electron chi connectivity index (χ3n) is 9.94. The SMILES string of the molecule is C=CCN1C(=O)[C@]2(O[C@H](CC(=O)N(CCO)Cc3ccccc3)[C@@H]([Si](C)(C)O)[C@@H]2C)c2cc(N3C(=O)CCc4ccccc43)ccc21. The van der Waals surface area contributed by atoms with Crippen LogP contribution in [0.25, 0.3) is 0 Å². The first-order chi connectivity index (χ1) is 22.5. The molecule has 10 heteroatoms. The molecule has 3 aromatic rings. The predicted molar refractivity (Wildman–Crippen MR) is 184 cm³/mol. The summed E-state index contributed by atoms with van der Waals surface area (Å²) in [5.41, 5.74) is 2.82. The highest BCUT2D eigenvalue weighted by Gasteiger charge is 2.66. The van der Waals surface area contributed by atoms with E-state index >= 15 is 0 Å². The van der Waals surface area contributed by atoms with E-state index in [2.05, 4.69) is 6.58 Å². The Balaban J connectivity index is 1.41. The Kier molecular flexibility index (Phi) is 8.97. The van der Waals surface area contributed by atoms with E-state index < -0.39 is 31.5 Å². The molecule has 6 rings (SSSR count). The number of hydrogen-bond donors (Lipinski definition) is 2. The van der Waals surface area contributed by atoms with E-state index in [0.29, 0.717) is 36.3 Å². The average molecular weight is 654 g/mol. The van der Waals surface area contributed by atoms with E-state index in [0.717, 1.165) is 16.8 Å². The van der Waals surface area contributed by atoms with E-state index in [9.17, 15) is 24.3 Å². The molecular weight excluding hydrogens is 611 g/mol. The quantitative estimate of drug-likeness (QED) is 0.235. The number of aliphatic hydroxyl groups is 1. The summed E-state index contributed by atoms with van der Waals surface area (Å²) in [5.74, 6) is -0.999. The first-order valence-corrected chi connectivity index (χ1v) is 19.3. The van der Waals surface area contributed by atoms with Gasteiger partial charge in [0.2, 0.25) is 11.8 Å². The molecule has 1 fully saturated rings. The van der Waals surface area contributed by atoms with Crippen LogP contribution in [0.1, 0.15) is 36.5 Å². The normalized spacial score (nSPS) is 23.6. The van der Waals surface area contributed by atoms with Gasteiger partial charge in [0.15, 0.2) is 13.9 Å². The van der Waals surface area contributed by atoms with Gasteiger partial charge < -0.3 is 24.4 Å². The van der Waals surface area contributed by atoms with Crippen LogP contribution in [0.3, 0.4) is 0 Å². The molecule has 2 N–H and O–H groups in total. The molecule has 0 unspecified atom stereocenters.